The molecule has 0 N–H and O–H groups in total. The van der Waals surface area contributed by atoms with Crippen LogP contribution in [0.5, 0.6) is 0 Å². The van der Waals surface area contributed by atoms with E-state index < -0.39 is 0 Å². The fourth-order valence-corrected chi connectivity index (χ4v) is 2.40. The van der Waals surface area contributed by atoms with Crippen molar-refractivity contribution in [1.29, 1.82) is 0 Å². The van der Waals surface area contributed by atoms with Gasteiger partial charge in [0.2, 0.25) is 0 Å². The Morgan fingerprint density at radius 2 is 2.11 bits per heavy atom. The van der Waals surface area contributed by atoms with Crippen molar-refractivity contribution >= 4 is 17.4 Å². The number of hydrogen-bond donors (Lipinski definition) is 0. The first-order valence-electron chi connectivity index (χ1n) is 5.89. The van der Waals surface area contributed by atoms with Crippen LogP contribution in [0.3, 0.4) is 0 Å². The smallest absolute Gasteiger partial charge is 0.163 e. The number of rotatable bonds is 3. The van der Waals surface area contributed by atoms with Gasteiger partial charge >= 0.3 is 0 Å². The molecule has 2 rings (SSSR count). The first-order valence-corrected chi connectivity index (χ1v) is 6.27. The minimum Gasteiger partial charge on any atom is -0.294 e. The normalized spacial score (nSPS) is 10.8. The van der Waals surface area contributed by atoms with Gasteiger partial charge in [0.15, 0.2) is 5.78 Å². The lowest BCUT2D eigenvalue weighted by atomic mass is 10.1. The molecule has 2 aromatic rings. The maximum atomic E-state index is 13.0. The number of nitrogens with zero attached hydrogens (tertiary/aromatic N) is 2. The molecule has 0 bridgehead atoms. The summed E-state index contributed by atoms with van der Waals surface area (Å²) < 4.78 is 14.7. The Labute approximate surface area is 116 Å². The molecule has 0 amide bonds. The van der Waals surface area contributed by atoms with Gasteiger partial charge in [-0.2, -0.15) is 5.10 Å². The number of benzene rings is 1. The van der Waals surface area contributed by atoms with Crippen molar-refractivity contribution in [3.05, 3.63) is 51.6 Å². The largest absolute Gasteiger partial charge is 0.294 e. The SMILES string of the molecule is CC(=O)c1c(C)nn(Cc2ccc(F)cc2Cl)c1C. The number of ketones is 1. The number of carbonyl (C=O) groups is 1. The van der Waals surface area contributed by atoms with Crippen molar-refractivity contribution in [3.63, 3.8) is 0 Å². The van der Waals surface area contributed by atoms with Crippen LogP contribution < -0.4 is 0 Å². The summed E-state index contributed by atoms with van der Waals surface area (Å²) in [6.07, 6.45) is 0. The van der Waals surface area contributed by atoms with E-state index in [0.717, 1.165) is 11.3 Å². The van der Waals surface area contributed by atoms with E-state index in [4.69, 9.17) is 11.6 Å². The molecule has 19 heavy (non-hydrogen) atoms. The van der Waals surface area contributed by atoms with E-state index >= 15 is 0 Å². The molecule has 5 heteroatoms. The van der Waals surface area contributed by atoms with Gasteiger partial charge in [-0.15, -0.1) is 0 Å². The van der Waals surface area contributed by atoms with Crippen LogP contribution in [0.2, 0.25) is 5.02 Å². The molecule has 3 nitrogen and oxygen atoms in total. The van der Waals surface area contributed by atoms with E-state index in [2.05, 4.69) is 5.10 Å². The van der Waals surface area contributed by atoms with Gasteiger partial charge < -0.3 is 0 Å². The average Bonchev–Trinajstić information content (AvgIpc) is 2.58. The third-order valence-electron chi connectivity index (χ3n) is 3.07. The lowest BCUT2D eigenvalue weighted by Gasteiger charge is -2.07. The van der Waals surface area contributed by atoms with Crippen LogP contribution in [-0.4, -0.2) is 15.6 Å². The Balaban J connectivity index is 2.39. The Hall–Kier alpha value is -1.68. The van der Waals surface area contributed by atoms with Gasteiger partial charge in [0.1, 0.15) is 5.82 Å². The minimum absolute atomic E-state index is 0.00791. The number of hydrogen-bond acceptors (Lipinski definition) is 2. The summed E-state index contributed by atoms with van der Waals surface area (Å²) in [5, 5.41) is 4.69. The zero-order valence-electron chi connectivity index (χ0n) is 11.0. The highest BCUT2D eigenvalue weighted by Crippen LogP contribution is 2.20. The zero-order valence-corrected chi connectivity index (χ0v) is 11.8. The number of aromatic nitrogens is 2. The Bertz CT molecular complexity index is 649. The van der Waals surface area contributed by atoms with Crippen molar-refractivity contribution in [3.8, 4) is 0 Å². The second kappa shape index (κ2) is 5.13. The number of carbonyl (C=O) groups excluding carboxylic acids is 1. The van der Waals surface area contributed by atoms with Crippen LogP contribution in [0, 0.1) is 19.7 Å². The van der Waals surface area contributed by atoms with Gasteiger partial charge in [-0.05, 0) is 38.5 Å². The minimum atomic E-state index is -0.369. The van der Waals surface area contributed by atoms with Gasteiger partial charge in [0, 0.05) is 10.7 Å². The van der Waals surface area contributed by atoms with Crippen molar-refractivity contribution in [2.45, 2.75) is 27.3 Å². The fourth-order valence-electron chi connectivity index (χ4n) is 2.17. The Morgan fingerprint density at radius 3 is 2.63 bits per heavy atom. The highest BCUT2D eigenvalue weighted by atomic mass is 35.5. The standard InChI is InChI=1S/C14H14ClFN2O/c1-8-14(10(3)19)9(2)18(17-8)7-11-4-5-12(16)6-13(11)15/h4-6H,7H2,1-3H3. The van der Waals surface area contributed by atoms with Crippen LogP contribution in [-0.2, 0) is 6.54 Å². The second-order valence-corrected chi connectivity index (χ2v) is 4.90. The fraction of sp³-hybridized carbons (Fsp3) is 0.286. The lowest BCUT2D eigenvalue weighted by Crippen LogP contribution is -2.05. The van der Waals surface area contributed by atoms with E-state index in [1.807, 2.05) is 6.92 Å². The topological polar surface area (TPSA) is 34.9 Å². The predicted molar refractivity (Wildman–Crippen MR) is 72.2 cm³/mol. The average molecular weight is 281 g/mol. The molecule has 1 heterocycles. The molecule has 0 radical (unpaired) electrons. The van der Waals surface area contributed by atoms with Gasteiger partial charge in [0.25, 0.3) is 0 Å². The first-order chi connectivity index (χ1) is 8.90. The Morgan fingerprint density at radius 1 is 1.42 bits per heavy atom. The summed E-state index contributed by atoms with van der Waals surface area (Å²) in [5.41, 5.74) is 2.90. The van der Waals surface area contributed by atoms with Gasteiger partial charge in [-0.25, -0.2) is 4.39 Å². The summed E-state index contributed by atoms with van der Waals surface area (Å²) >= 11 is 5.99. The predicted octanol–water partition coefficient (Wildman–Crippen LogP) is 3.54. The van der Waals surface area contributed by atoms with Crippen molar-refractivity contribution in [2.24, 2.45) is 0 Å². The molecule has 1 aromatic heterocycles. The van der Waals surface area contributed by atoms with Crippen LogP contribution in [0.1, 0.15) is 34.2 Å². The van der Waals surface area contributed by atoms with Crippen molar-refractivity contribution < 1.29 is 9.18 Å². The molecule has 1 aromatic carbocycles. The van der Waals surface area contributed by atoms with E-state index in [1.165, 1.54) is 19.1 Å². The highest BCUT2D eigenvalue weighted by Gasteiger charge is 2.15. The molecule has 0 aliphatic heterocycles. The molecular formula is C14H14ClFN2O. The van der Waals surface area contributed by atoms with E-state index in [-0.39, 0.29) is 11.6 Å². The van der Waals surface area contributed by atoms with Crippen molar-refractivity contribution in [2.75, 3.05) is 0 Å². The summed E-state index contributed by atoms with van der Waals surface area (Å²) in [5.74, 6) is -0.377. The van der Waals surface area contributed by atoms with Crippen molar-refractivity contribution in [1.82, 2.24) is 9.78 Å². The number of halogens is 2. The highest BCUT2D eigenvalue weighted by molar-refractivity contribution is 6.31. The number of Topliss-reactive ketones (excluding diaryl/α,β-unsaturated/α-hetero) is 1. The molecule has 0 atom stereocenters. The third kappa shape index (κ3) is 2.68. The molecule has 0 fully saturated rings. The van der Waals surface area contributed by atoms with Gasteiger partial charge in [0.05, 0.1) is 17.8 Å². The molecule has 100 valence electrons. The number of aryl methyl sites for hydroxylation is 1. The quantitative estimate of drug-likeness (QED) is 0.806. The molecular weight excluding hydrogens is 267 g/mol. The summed E-state index contributed by atoms with van der Waals surface area (Å²) in [4.78, 5) is 11.5. The van der Waals surface area contributed by atoms with E-state index in [1.54, 1.807) is 17.7 Å². The van der Waals surface area contributed by atoms with Crippen LogP contribution >= 0.6 is 11.6 Å². The molecule has 0 spiro atoms. The molecule has 0 unspecified atom stereocenters. The summed E-state index contributed by atoms with van der Waals surface area (Å²) in [7, 11) is 0. The Kier molecular flexibility index (Phi) is 3.71. The van der Waals surface area contributed by atoms with Gasteiger partial charge in [-0.3, -0.25) is 9.48 Å². The van der Waals surface area contributed by atoms with Crippen LogP contribution in [0.15, 0.2) is 18.2 Å². The lowest BCUT2D eigenvalue weighted by molar-refractivity contribution is 0.101. The van der Waals surface area contributed by atoms with Crippen LogP contribution in [0.4, 0.5) is 4.39 Å². The maximum absolute atomic E-state index is 13.0. The first kappa shape index (κ1) is 13.7. The van der Waals surface area contributed by atoms with E-state index in [0.29, 0.717) is 22.8 Å². The molecule has 0 saturated heterocycles. The second-order valence-electron chi connectivity index (χ2n) is 4.50. The van der Waals surface area contributed by atoms with Crippen LogP contribution in [0.25, 0.3) is 0 Å². The monoisotopic (exact) mass is 280 g/mol. The third-order valence-corrected chi connectivity index (χ3v) is 3.42. The zero-order chi connectivity index (χ0) is 14.2. The molecule has 0 aliphatic carbocycles. The van der Waals surface area contributed by atoms with E-state index in [9.17, 15) is 9.18 Å². The summed E-state index contributed by atoms with van der Waals surface area (Å²) in [6, 6.07) is 4.26. The molecule has 0 aliphatic rings. The molecule has 0 saturated carbocycles. The maximum Gasteiger partial charge on any atom is 0.163 e. The summed E-state index contributed by atoms with van der Waals surface area (Å²) in [6.45, 7) is 5.58. The van der Waals surface area contributed by atoms with Gasteiger partial charge in [-0.1, -0.05) is 17.7 Å².